The Bertz CT molecular complexity index is 930. The van der Waals surface area contributed by atoms with Gasteiger partial charge in [-0.05, 0) is 43.2 Å². The standard InChI is InChI=1S/C20H22ClFN2O3S/c21-18-14-16(10-11-19(18)22)24(28(26,27)17-8-4-3-5-9-17)15-20(25)23-12-6-1-2-7-13-23/h3-5,8-11,14H,1-2,6-7,12-13,15H2. The van der Waals surface area contributed by atoms with Gasteiger partial charge >= 0.3 is 0 Å². The number of carbonyl (C=O) groups excluding carboxylic acids is 1. The van der Waals surface area contributed by atoms with Gasteiger partial charge in [-0.1, -0.05) is 42.6 Å². The Morgan fingerprint density at radius 2 is 1.68 bits per heavy atom. The van der Waals surface area contributed by atoms with E-state index in [4.69, 9.17) is 11.6 Å². The summed E-state index contributed by atoms with van der Waals surface area (Å²) in [6.45, 7) is 0.865. The number of carbonyl (C=O) groups is 1. The number of nitrogens with zero attached hydrogens (tertiary/aromatic N) is 2. The summed E-state index contributed by atoms with van der Waals surface area (Å²) >= 11 is 5.87. The number of amides is 1. The van der Waals surface area contributed by atoms with Gasteiger partial charge in [0.05, 0.1) is 15.6 Å². The van der Waals surface area contributed by atoms with Crippen LogP contribution in [0.4, 0.5) is 10.1 Å². The molecule has 0 saturated carbocycles. The third-order valence-corrected chi connectivity index (χ3v) is 6.84. The molecular formula is C20H22ClFN2O3S. The zero-order valence-electron chi connectivity index (χ0n) is 15.4. The van der Waals surface area contributed by atoms with Crippen molar-refractivity contribution in [3.63, 3.8) is 0 Å². The molecule has 0 atom stereocenters. The van der Waals surface area contributed by atoms with Crippen molar-refractivity contribution in [3.8, 4) is 0 Å². The molecule has 0 N–H and O–H groups in total. The summed E-state index contributed by atoms with van der Waals surface area (Å²) in [4.78, 5) is 14.6. The molecule has 8 heteroatoms. The first-order valence-corrected chi connectivity index (χ1v) is 11.0. The van der Waals surface area contributed by atoms with E-state index in [9.17, 15) is 17.6 Å². The number of benzene rings is 2. The molecule has 1 aliphatic rings. The molecule has 5 nitrogen and oxygen atoms in total. The van der Waals surface area contributed by atoms with Crippen LogP contribution in [-0.2, 0) is 14.8 Å². The summed E-state index contributed by atoms with van der Waals surface area (Å²) in [5, 5.41) is -0.201. The number of hydrogen-bond acceptors (Lipinski definition) is 3. The van der Waals surface area contributed by atoms with Gasteiger partial charge in [0, 0.05) is 13.1 Å². The first-order valence-electron chi connectivity index (χ1n) is 9.20. The lowest BCUT2D eigenvalue weighted by Gasteiger charge is -2.28. The zero-order valence-corrected chi connectivity index (χ0v) is 16.9. The summed E-state index contributed by atoms with van der Waals surface area (Å²) in [5.74, 6) is -0.928. The van der Waals surface area contributed by atoms with Gasteiger partial charge in [-0.2, -0.15) is 0 Å². The van der Waals surface area contributed by atoms with E-state index in [1.165, 1.54) is 24.3 Å². The van der Waals surface area contributed by atoms with Crippen molar-refractivity contribution in [3.05, 3.63) is 59.4 Å². The number of sulfonamides is 1. The van der Waals surface area contributed by atoms with Gasteiger partial charge in [0.1, 0.15) is 12.4 Å². The number of anilines is 1. The van der Waals surface area contributed by atoms with Crippen molar-refractivity contribution in [1.82, 2.24) is 4.90 Å². The average molecular weight is 425 g/mol. The third kappa shape index (κ3) is 4.64. The molecule has 1 fully saturated rings. The number of hydrogen-bond donors (Lipinski definition) is 0. The summed E-state index contributed by atoms with van der Waals surface area (Å²) in [7, 11) is -4.02. The molecule has 2 aromatic carbocycles. The van der Waals surface area contributed by atoms with Crippen LogP contribution < -0.4 is 4.31 Å². The van der Waals surface area contributed by atoms with Gasteiger partial charge in [0.25, 0.3) is 10.0 Å². The fourth-order valence-corrected chi connectivity index (χ4v) is 4.82. The van der Waals surface area contributed by atoms with E-state index in [2.05, 4.69) is 0 Å². The molecule has 0 aromatic heterocycles. The molecule has 1 saturated heterocycles. The van der Waals surface area contributed by atoms with Crippen LogP contribution in [-0.4, -0.2) is 38.9 Å². The molecule has 1 amide bonds. The van der Waals surface area contributed by atoms with Crippen molar-refractivity contribution in [1.29, 1.82) is 0 Å². The van der Waals surface area contributed by atoms with Gasteiger partial charge in [-0.3, -0.25) is 9.10 Å². The number of halogens is 2. The van der Waals surface area contributed by atoms with Crippen molar-refractivity contribution in [2.24, 2.45) is 0 Å². The molecule has 0 bridgehead atoms. The van der Waals surface area contributed by atoms with E-state index in [-0.39, 0.29) is 28.1 Å². The minimum Gasteiger partial charge on any atom is -0.341 e. The van der Waals surface area contributed by atoms with E-state index in [0.717, 1.165) is 36.1 Å². The van der Waals surface area contributed by atoms with Gasteiger partial charge in [-0.15, -0.1) is 0 Å². The minimum atomic E-state index is -4.02. The molecule has 3 rings (SSSR count). The molecule has 150 valence electrons. The normalized spacial score (nSPS) is 15.1. The Hall–Kier alpha value is -2.12. The van der Waals surface area contributed by atoms with Crippen molar-refractivity contribution < 1.29 is 17.6 Å². The highest BCUT2D eigenvalue weighted by Crippen LogP contribution is 2.28. The van der Waals surface area contributed by atoms with Crippen LogP contribution in [0.15, 0.2) is 53.4 Å². The molecule has 28 heavy (non-hydrogen) atoms. The van der Waals surface area contributed by atoms with E-state index in [1.807, 2.05) is 0 Å². The lowest BCUT2D eigenvalue weighted by molar-refractivity contribution is -0.129. The maximum absolute atomic E-state index is 13.6. The second-order valence-electron chi connectivity index (χ2n) is 6.72. The lowest BCUT2D eigenvalue weighted by Crippen LogP contribution is -2.43. The van der Waals surface area contributed by atoms with Crippen LogP contribution in [0.25, 0.3) is 0 Å². The number of rotatable bonds is 5. The molecule has 1 aliphatic heterocycles. The quantitative estimate of drug-likeness (QED) is 0.726. The first kappa shape index (κ1) is 20.6. The van der Waals surface area contributed by atoms with Gasteiger partial charge in [0.15, 0.2) is 0 Å². The van der Waals surface area contributed by atoms with Crippen LogP contribution in [0.5, 0.6) is 0 Å². The summed E-state index contributed by atoms with van der Waals surface area (Å²) < 4.78 is 41.1. The third-order valence-electron chi connectivity index (χ3n) is 4.76. The second kappa shape index (κ2) is 8.92. The van der Waals surface area contributed by atoms with Crippen LogP contribution in [0.2, 0.25) is 5.02 Å². The van der Waals surface area contributed by atoms with Crippen LogP contribution >= 0.6 is 11.6 Å². The number of likely N-dealkylation sites (tertiary alicyclic amines) is 1. The highest BCUT2D eigenvalue weighted by Gasteiger charge is 2.29. The highest BCUT2D eigenvalue weighted by molar-refractivity contribution is 7.92. The molecular weight excluding hydrogens is 403 g/mol. The maximum Gasteiger partial charge on any atom is 0.264 e. The Balaban J connectivity index is 1.96. The fourth-order valence-electron chi connectivity index (χ4n) is 3.22. The zero-order chi connectivity index (χ0) is 20.1. The predicted octanol–water partition coefficient (Wildman–Crippen LogP) is 4.08. The molecule has 1 heterocycles. The fraction of sp³-hybridized carbons (Fsp3) is 0.350. The Labute approximate surface area is 169 Å². The second-order valence-corrected chi connectivity index (χ2v) is 8.99. The molecule has 0 unspecified atom stereocenters. The largest absolute Gasteiger partial charge is 0.341 e. The predicted molar refractivity (Wildman–Crippen MR) is 107 cm³/mol. The van der Waals surface area contributed by atoms with E-state index in [1.54, 1.807) is 23.1 Å². The van der Waals surface area contributed by atoms with Crippen LogP contribution in [0.1, 0.15) is 25.7 Å². The highest BCUT2D eigenvalue weighted by atomic mass is 35.5. The summed E-state index contributed by atoms with van der Waals surface area (Å²) in [6.07, 6.45) is 3.92. The lowest BCUT2D eigenvalue weighted by atomic mass is 10.2. The van der Waals surface area contributed by atoms with E-state index >= 15 is 0 Å². The van der Waals surface area contributed by atoms with Crippen LogP contribution in [0, 0.1) is 5.82 Å². The summed E-state index contributed by atoms with van der Waals surface area (Å²) in [6, 6.07) is 11.5. The molecule has 0 aliphatic carbocycles. The van der Waals surface area contributed by atoms with Crippen molar-refractivity contribution >= 4 is 33.2 Å². The topological polar surface area (TPSA) is 57.7 Å². The van der Waals surface area contributed by atoms with Crippen molar-refractivity contribution in [2.45, 2.75) is 30.6 Å². The molecule has 0 spiro atoms. The van der Waals surface area contributed by atoms with E-state index in [0.29, 0.717) is 13.1 Å². The van der Waals surface area contributed by atoms with E-state index < -0.39 is 15.8 Å². The maximum atomic E-state index is 13.6. The Morgan fingerprint density at radius 1 is 1.04 bits per heavy atom. The van der Waals surface area contributed by atoms with Gasteiger partial charge < -0.3 is 4.90 Å². The van der Waals surface area contributed by atoms with Gasteiger partial charge in [-0.25, -0.2) is 12.8 Å². The Kier molecular flexibility index (Phi) is 6.57. The molecule has 2 aromatic rings. The van der Waals surface area contributed by atoms with Gasteiger partial charge in [0.2, 0.25) is 5.91 Å². The average Bonchev–Trinajstić information content (AvgIpc) is 2.98. The van der Waals surface area contributed by atoms with Crippen molar-refractivity contribution in [2.75, 3.05) is 23.9 Å². The minimum absolute atomic E-state index is 0.0547. The SMILES string of the molecule is O=C(CN(c1ccc(F)c(Cl)c1)S(=O)(=O)c1ccccc1)N1CCCCCC1. The molecule has 0 radical (unpaired) electrons. The Morgan fingerprint density at radius 3 is 2.29 bits per heavy atom. The summed E-state index contributed by atoms with van der Waals surface area (Å²) in [5.41, 5.74) is 0.151. The smallest absolute Gasteiger partial charge is 0.264 e. The van der Waals surface area contributed by atoms with Crippen LogP contribution in [0.3, 0.4) is 0 Å². The monoisotopic (exact) mass is 424 g/mol. The first-order chi connectivity index (χ1) is 13.4.